The van der Waals surface area contributed by atoms with Crippen LogP contribution in [0.5, 0.6) is 0 Å². The molecule has 0 saturated carbocycles. The third kappa shape index (κ3) is 4.23. The molecule has 1 saturated heterocycles. The van der Waals surface area contributed by atoms with Gasteiger partial charge in [-0.15, -0.1) is 0 Å². The summed E-state index contributed by atoms with van der Waals surface area (Å²) in [5.74, 6) is 1.83. The van der Waals surface area contributed by atoms with Crippen molar-refractivity contribution in [2.24, 2.45) is 0 Å². The molecule has 0 spiro atoms. The van der Waals surface area contributed by atoms with E-state index in [1.807, 2.05) is 29.8 Å². The summed E-state index contributed by atoms with van der Waals surface area (Å²) in [6.07, 6.45) is 8.92. The van der Waals surface area contributed by atoms with Crippen molar-refractivity contribution in [2.45, 2.75) is 19.9 Å². The fourth-order valence-corrected chi connectivity index (χ4v) is 3.17. The Balaban J connectivity index is 1.38. The number of morpholine rings is 1. The van der Waals surface area contributed by atoms with Crippen molar-refractivity contribution in [3.05, 3.63) is 54.6 Å². The van der Waals surface area contributed by atoms with E-state index in [-0.39, 0.29) is 18.7 Å². The Morgan fingerprint density at radius 3 is 2.71 bits per heavy atom. The quantitative estimate of drug-likeness (QED) is 0.645. The maximum atomic E-state index is 12.5. The first-order chi connectivity index (χ1) is 13.7. The Bertz CT molecular complexity index is 933. The lowest BCUT2D eigenvalue weighted by atomic mass is 10.1. The normalized spacial score (nSPS) is 14.2. The fourth-order valence-electron chi connectivity index (χ4n) is 3.17. The van der Waals surface area contributed by atoms with Crippen LogP contribution >= 0.6 is 0 Å². The van der Waals surface area contributed by atoms with E-state index in [2.05, 4.69) is 24.8 Å². The standard InChI is InChI=1S/C20H22N6O2/c1-15-24-20(25-6-8-28-9-7-25)14-26(15)13-18(27)10-17-3-2-16(11-23-17)19-12-21-4-5-22-19/h2-5,11-12,14H,6-10,13H2,1H3. The molecule has 4 heterocycles. The molecular weight excluding hydrogens is 356 g/mol. The van der Waals surface area contributed by atoms with E-state index in [1.165, 1.54) is 0 Å². The highest BCUT2D eigenvalue weighted by Crippen LogP contribution is 2.17. The van der Waals surface area contributed by atoms with Crippen molar-refractivity contribution in [1.29, 1.82) is 0 Å². The number of pyridine rings is 1. The van der Waals surface area contributed by atoms with Crippen molar-refractivity contribution < 1.29 is 9.53 Å². The van der Waals surface area contributed by atoms with Gasteiger partial charge in [0.05, 0.1) is 38.1 Å². The van der Waals surface area contributed by atoms with Crippen LogP contribution in [-0.2, 0) is 22.5 Å². The van der Waals surface area contributed by atoms with E-state index in [4.69, 9.17) is 4.74 Å². The summed E-state index contributed by atoms with van der Waals surface area (Å²) in [6.45, 7) is 5.28. The van der Waals surface area contributed by atoms with Crippen LogP contribution in [0, 0.1) is 6.92 Å². The van der Waals surface area contributed by atoms with Gasteiger partial charge in [0.1, 0.15) is 11.6 Å². The second-order valence-corrected chi connectivity index (χ2v) is 6.72. The number of ketones is 1. The van der Waals surface area contributed by atoms with Crippen molar-refractivity contribution in [3.63, 3.8) is 0 Å². The van der Waals surface area contributed by atoms with Crippen LogP contribution in [0.2, 0.25) is 0 Å². The van der Waals surface area contributed by atoms with Crippen LogP contribution < -0.4 is 4.90 Å². The topological polar surface area (TPSA) is 86.0 Å². The number of carbonyl (C=O) groups is 1. The van der Waals surface area contributed by atoms with Gasteiger partial charge < -0.3 is 14.2 Å². The maximum Gasteiger partial charge on any atom is 0.158 e. The number of anilines is 1. The van der Waals surface area contributed by atoms with Crippen LogP contribution in [0.1, 0.15) is 11.5 Å². The SMILES string of the molecule is Cc1nc(N2CCOCC2)cn1CC(=O)Cc1ccc(-c2cnccn2)cn1. The first kappa shape index (κ1) is 18.2. The highest BCUT2D eigenvalue weighted by molar-refractivity contribution is 5.80. The first-order valence-electron chi connectivity index (χ1n) is 9.28. The van der Waals surface area contributed by atoms with Gasteiger partial charge >= 0.3 is 0 Å². The molecule has 0 amide bonds. The number of hydrogen-bond donors (Lipinski definition) is 0. The zero-order valence-electron chi connectivity index (χ0n) is 15.8. The largest absolute Gasteiger partial charge is 0.378 e. The Morgan fingerprint density at radius 2 is 2.00 bits per heavy atom. The van der Waals surface area contributed by atoms with Gasteiger partial charge in [-0.2, -0.15) is 0 Å². The molecule has 0 radical (unpaired) electrons. The molecule has 8 heteroatoms. The lowest BCUT2D eigenvalue weighted by Gasteiger charge is -2.26. The number of Topliss-reactive ketones (excluding diaryl/α,β-unsaturated/α-hetero) is 1. The van der Waals surface area contributed by atoms with Crippen molar-refractivity contribution in [2.75, 3.05) is 31.2 Å². The van der Waals surface area contributed by atoms with E-state index in [9.17, 15) is 4.79 Å². The second-order valence-electron chi connectivity index (χ2n) is 6.72. The van der Waals surface area contributed by atoms with Gasteiger partial charge in [0.2, 0.25) is 0 Å². The number of rotatable bonds is 6. The molecule has 28 heavy (non-hydrogen) atoms. The summed E-state index contributed by atoms with van der Waals surface area (Å²) in [7, 11) is 0. The number of imidazole rings is 1. The molecule has 1 aliphatic rings. The van der Waals surface area contributed by atoms with Crippen LogP contribution in [0.3, 0.4) is 0 Å². The molecule has 3 aromatic rings. The Hall–Kier alpha value is -3.13. The number of nitrogens with zero attached hydrogens (tertiary/aromatic N) is 6. The predicted octanol–water partition coefficient (Wildman–Crippen LogP) is 1.69. The van der Waals surface area contributed by atoms with Gasteiger partial charge in [-0.25, -0.2) is 4.98 Å². The van der Waals surface area contributed by atoms with Crippen LogP contribution in [-0.4, -0.2) is 56.6 Å². The molecule has 0 atom stereocenters. The van der Waals surface area contributed by atoms with Crippen LogP contribution in [0.4, 0.5) is 5.82 Å². The monoisotopic (exact) mass is 378 g/mol. The molecule has 4 rings (SSSR count). The summed E-state index contributed by atoms with van der Waals surface area (Å²) in [4.78, 5) is 32.0. The minimum absolute atomic E-state index is 0.0915. The number of aryl methyl sites for hydroxylation is 1. The van der Waals surface area contributed by atoms with E-state index >= 15 is 0 Å². The van der Waals surface area contributed by atoms with Gasteiger partial charge in [0.15, 0.2) is 5.78 Å². The van der Waals surface area contributed by atoms with E-state index in [0.717, 1.165) is 41.7 Å². The molecular formula is C20H22N6O2. The van der Waals surface area contributed by atoms with Gasteiger partial charge in [0.25, 0.3) is 0 Å². The highest BCUT2D eigenvalue weighted by Gasteiger charge is 2.16. The molecule has 1 fully saturated rings. The lowest BCUT2D eigenvalue weighted by Crippen LogP contribution is -2.36. The first-order valence-corrected chi connectivity index (χ1v) is 9.28. The average Bonchev–Trinajstić information content (AvgIpc) is 3.10. The summed E-state index contributed by atoms with van der Waals surface area (Å²) in [5.41, 5.74) is 2.38. The summed E-state index contributed by atoms with van der Waals surface area (Å²) < 4.78 is 7.28. The van der Waals surface area contributed by atoms with Crippen molar-refractivity contribution in [1.82, 2.24) is 24.5 Å². The Morgan fingerprint density at radius 1 is 1.14 bits per heavy atom. The minimum Gasteiger partial charge on any atom is -0.378 e. The smallest absolute Gasteiger partial charge is 0.158 e. The molecule has 0 unspecified atom stereocenters. The van der Waals surface area contributed by atoms with Gasteiger partial charge in [-0.1, -0.05) is 0 Å². The van der Waals surface area contributed by atoms with Crippen LogP contribution in [0.25, 0.3) is 11.3 Å². The number of aromatic nitrogens is 5. The number of hydrogen-bond acceptors (Lipinski definition) is 7. The molecule has 0 bridgehead atoms. The molecule has 0 N–H and O–H groups in total. The minimum atomic E-state index is 0.0915. The zero-order chi connectivity index (χ0) is 19.3. The number of carbonyl (C=O) groups excluding carboxylic acids is 1. The van der Waals surface area contributed by atoms with E-state index < -0.39 is 0 Å². The summed E-state index contributed by atoms with van der Waals surface area (Å²) >= 11 is 0. The molecule has 144 valence electrons. The molecule has 0 aromatic carbocycles. The third-order valence-corrected chi connectivity index (χ3v) is 4.71. The third-order valence-electron chi connectivity index (χ3n) is 4.71. The van der Waals surface area contributed by atoms with Gasteiger partial charge in [0, 0.05) is 49.1 Å². The molecule has 3 aromatic heterocycles. The second kappa shape index (κ2) is 8.26. The molecule has 1 aliphatic heterocycles. The van der Waals surface area contributed by atoms with Gasteiger partial charge in [-0.05, 0) is 19.1 Å². The van der Waals surface area contributed by atoms with E-state index in [0.29, 0.717) is 13.2 Å². The summed E-state index contributed by atoms with van der Waals surface area (Å²) in [5, 5.41) is 0. The van der Waals surface area contributed by atoms with Gasteiger partial charge in [-0.3, -0.25) is 19.7 Å². The Labute approximate surface area is 163 Å². The fraction of sp³-hybridized carbons (Fsp3) is 0.350. The zero-order valence-corrected chi connectivity index (χ0v) is 15.8. The maximum absolute atomic E-state index is 12.5. The predicted molar refractivity (Wildman–Crippen MR) is 104 cm³/mol. The molecule has 8 nitrogen and oxygen atoms in total. The average molecular weight is 378 g/mol. The van der Waals surface area contributed by atoms with Crippen molar-refractivity contribution >= 4 is 11.6 Å². The summed E-state index contributed by atoms with van der Waals surface area (Å²) in [6, 6.07) is 3.78. The van der Waals surface area contributed by atoms with Crippen LogP contribution in [0.15, 0.2) is 43.1 Å². The van der Waals surface area contributed by atoms with Crippen molar-refractivity contribution in [3.8, 4) is 11.3 Å². The number of ether oxygens (including phenoxy) is 1. The highest BCUT2D eigenvalue weighted by atomic mass is 16.5. The lowest BCUT2D eigenvalue weighted by molar-refractivity contribution is -0.119. The molecule has 0 aliphatic carbocycles. The Kier molecular flexibility index (Phi) is 5.38. The van der Waals surface area contributed by atoms with E-state index in [1.54, 1.807) is 24.8 Å².